The van der Waals surface area contributed by atoms with Crippen LogP contribution < -0.4 is 10.2 Å². The van der Waals surface area contributed by atoms with Crippen LogP contribution in [0.2, 0.25) is 5.02 Å². The highest BCUT2D eigenvalue weighted by molar-refractivity contribution is 6.31. The van der Waals surface area contributed by atoms with Crippen molar-refractivity contribution in [2.24, 2.45) is 0 Å². The normalized spacial score (nSPS) is 16.3. The molecule has 1 fully saturated rings. The molecule has 106 valence electrons. The molecular weight excluding hydrogens is 256 g/mol. The Morgan fingerprint density at radius 3 is 2.58 bits per heavy atom. The number of hydrogen-bond acceptors (Lipinski definition) is 2. The zero-order chi connectivity index (χ0) is 13.8. The molecule has 2 rings (SSSR count). The van der Waals surface area contributed by atoms with E-state index in [-0.39, 0.29) is 0 Å². The molecule has 1 aromatic rings. The average Bonchev–Trinajstić information content (AvgIpc) is 2.90. The number of benzene rings is 1. The summed E-state index contributed by atoms with van der Waals surface area (Å²) in [7, 11) is 2.19. The predicted molar refractivity (Wildman–Crippen MR) is 84.1 cm³/mol. The molecule has 0 aromatic heterocycles. The van der Waals surface area contributed by atoms with Gasteiger partial charge in [-0.15, -0.1) is 0 Å². The molecule has 0 atom stereocenters. The largest absolute Gasteiger partial charge is 0.372 e. The highest BCUT2D eigenvalue weighted by Gasteiger charge is 2.20. The van der Waals surface area contributed by atoms with Crippen LogP contribution in [0.4, 0.5) is 5.69 Å². The summed E-state index contributed by atoms with van der Waals surface area (Å²) < 4.78 is 0. The van der Waals surface area contributed by atoms with Gasteiger partial charge in [0.15, 0.2) is 0 Å². The Labute approximate surface area is 122 Å². The van der Waals surface area contributed by atoms with E-state index in [4.69, 9.17) is 11.6 Å². The topological polar surface area (TPSA) is 15.3 Å². The molecule has 0 unspecified atom stereocenters. The predicted octanol–water partition coefficient (Wildman–Crippen LogP) is 4.22. The fourth-order valence-corrected chi connectivity index (χ4v) is 2.96. The van der Waals surface area contributed by atoms with Crippen molar-refractivity contribution >= 4 is 17.3 Å². The number of nitrogens with zero attached hydrogens (tertiary/aromatic N) is 1. The summed E-state index contributed by atoms with van der Waals surface area (Å²) >= 11 is 6.40. The molecule has 2 nitrogen and oxygen atoms in total. The number of halogens is 1. The standard InChI is InChI=1S/C16H25ClN2/c1-12(2)18-11-13-8-9-15(10-16(13)17)19(3)14-6-4-5-7-14/h8-10,12,14,18H,4-7,11H2,1-3H3. The molecule has 0 saturated heterocycles. The van der Waals surface area contributed by atoms with Gasteiger partial charge in [0.1, 0.15) is 0 Å². The van der Waals surface area contributed by atoms with Crippen molar-refractivity contribution < 1.29 is 0 Å². The van der Waals surface area contributed by atoms with Crippen molar-refractivity contribution in [2.75, 3.05) is 11.9 Å². The lowest BCUT2D eigenvalue weighted by molar-refractivity contribution is 0.589. The monoisotopic (exact) mass is 280 g/mol. The summed E-state index contributed by atoms with van der Waals surface area (Å²) in [6.07, 6.45) is 5.34. The van der Waals surface area contributed by atoms with E-state index in [1.54, 1.807) is 0 Å². The highest BCUT2D eigenvalue weighted by Crippen LogP contribution is 2.29. The zero-order valence-electron chi connectivity index (χ0n) is 12.2. The summed E-state index contributed by atoms with van der Waals surface area (Å²) in [5.74, 6) is 0. The Balaban J connectivity index is 2.05. The molecule has 1 N–H and O–H groups in total. The first-order valence-corrected chi connectivity index (χ1v) is 7.70. The minimum Gasteiger partial charge on any atom is -0.372 e. The van der Waals surface area contributed by atoms with Crippen molar-refractivity contribution in [2.45, 2.75) is 58.2 Å². The van der Waals surface area contributed by atoms with E-state index in [2.05, 4.69) is 49.3 Å². The van der Waals surface area contributed by atoms with Gasteiger partial charge in [0.2, 0.25) is 0 Å². The molecule has 19 heavy (non-hydrogen) atoms. The summed E-state index contributed by atoms with van der Waals surface area (Å²) in [6.45, 7) is 5.14. The van der Waals surface area contributed by atoms with Crippen LogP contribution in [-0.2, 0) is 6.54 Å². The zero-order valence-corrected chi connectivity index (χ0v) is 13.0. The van der Waals surface area contributed by atoms with Crippen molar-refractivity contribution in [3.05, 3.63) is 28.8 Å². The second kappa shape index (κ2) is 6.62. The minimum atomic E-state index is 0.483. The lowest BCUT2D eigenvalue weighted by atomic mass is 10.1. The summed E-state index contributed by atoms with van der Waals surface area (Å²) in [4.78, 5) is 2.39. The van der Waals surface area contributed by atoms with Gasteiger partial charge in [-0.3, -0.25) is 0 Å². The molecular formula is C16H25ClN2. The summed E-state index contributed by atoms with van der Waals surface area (Å²) in [6, 6.07) is 7.63. The molecule has 0 aliphatic heterocycles. The van der Waals surface area contributed by atoms with E-state index < -0.39 is 0 Å². The van der Waals surface area contributed by atoms with Gasteiger partial charge in [0, 0.05) is 36.4 Å². The number of anilines is 1. The van der Waals surface area contributed by atoms with Gasteiger partial charge in [0.25, 0.3) is 0 Å². The molecule has 0 amide bonds. The van der Waals surface area contributed by atoms with Gasteiger partial charge >= 0.3 is 0 Å². The molecule has 0 spiro atoms. The number of hydrogen-bond donors (Lipinski definition) is 1. The van der Waals surface area contributed by atoms with Gasteiger partial charge in [-0.25, -0.2) is 0 Å². The minimum absolute atomic E-state index is 0.483. The van der Waals surface area contributed by atoms with Crippen molar-refractivity contribution in [3.8, 4) is 0 Å². The van der Waals surface area contributed by atoms with Crippen molar-refractivity contribution in [1.82, 2.24) is 5.32 Å². The maximum absolute atomic E-state index is 6.40. The van der Waals surface area contributed by atoms with Crippen LogP contribution in [0.5, 0.6) is 0 Å². The lowest BCUT2D eigenvalue weighted by Crippen LogP contribution is -2.28. The first-order chi connectivity index (χ1) is 9.08. The van der Waals surface area contributed by atoms with Crippen LogP contribution in [0.15, 0.2) is 18.2 Å². The maximum atomic E-state index is 6.40. The quantitative estimate of drug-likeness (QED) is 0.869. The van der Waals surface area contributed by atoms with E-state index in [0.717, 1.165) is 11.6 Å². The molecule has 0 bridgehead atoms. The number of rotatable bonds is 5. The first kappa shape index (κ1) is 14.7. The molecule has 1 aromatic carbocycles. The average molecular weight is 281 g/mol. The lowest BCUT2D eigenvalue weighted by Gasteiger charge is -2.27. The Morgan fingerprint density at radius 2 is 2.00 bits per heavy atom. The fraction of sp³-hybridized carbons (Fsp3) is 0.625. The van der Waals surface area contributed by atoms with E-state index in [1.807, 2.05) is 0 Å². The molecule has 0 radical (unpaired) electrons. The van der Waals surface area contributed by atoms with Crippen LogP contribution >= 0.6 is 11.6 Å². The maximum Gasteiger partial charge on any atom is 0.0471 e. The van der Waals surface area contributed by atoms with Crippen LogP contribution in [0.3, 0.4) is 0 Å². The highest BCUT2D eigenvalue weighted by atomic mass is 35.5. The fourth-order valence-electron chi connectivity index (χ4n) is 2.72. The molecule has 1 saturated carbocycles. The second-order valence-electron chi connectivity index (χ2n) is 5.86. The van der Waals surface area contributed by atoms with E-state index in [0.29, 0.717) is 12.1 Å². The number of nitrogens with one attached hydrogen (secondary N) is 1. The van der Waals surface area contributed by atoms with Crippen LogP contribution in [0, 0.1) is 0 Å². The third-order valence-electron chi connectivity index (χ3n) is 4.02. The first-order valence-electron chi connectivity index (χ1n) is 7.32. The van der Waals surface area contributed by atoms with Gasteiger partial charge < -0.3 is 10.2 Å². The second-order valence-corrected chi connectivity index (χ2v) is 6.27. The molecule has 1 aliphatic rings. The third kappa shape index (κ3) is 3.87. The molecule has 3 heteroatoms. The van der Waals surface area contributed by atoms with Crippen LogP contribution in [0.1, 0.15) is 45.1 Å². The third-order valence-corrected chi connectivity index (χ3v) is 4.37. The smallest absolute Gasteiger partial charge is 0.0471 e. The Kier molecular flexibility index (Phi) is 5.12. The van der Waals surface area contributed by atoms with Crippen LogP contribution in [0.25, 0.3) is 0 Å². The van der Waals surface area contributed by atoms with Gasteiger partial charge in [-0.1, -0.05) is 44.4 Å². The van der Waals surface area contributed by atoms with E-state index in [1.165, 1.54) is 36.9 Å². The van der Waals surface area contributed by atoms with Crippen LogP contribution in [-0.4, -0.2) is 19.1 Å². The van der Waals surface area contributed by atoms with E-state index >= 15 is 0 Å². The van der Waals surface area contributed by atoms with Gasteiger partial charge in [-0.2, -0.15) is 0 Å². The summed E-state index contributed by atoms with van der Waals surface area (Å²) in [5.41, 5.74) is 2.42. The molecule has 1 aliphatic carbocycles. The Hall–Kier alpha value is -0.730. The molecule has 0 heterocycles. The summed E-state index contributed by atoms with van der Waals surface area (Å²) in [5, 5.41) is 4.28. The Bertz CT molecular complexity index is 411. The van der Waals surface area contributed by atoms with Crippen molar-refractivity contribution in [1.29, 1.82) is 0 Å². The van der Waals surface area contributed by atoms with Gasteiger partial charge in [-0.05, 0) is 30.5 Å². The SMILES string of the molecule is CC(C)NCc1ccc(N(C)C2CCCC2)cc1Cl. The van der Waals surface area contributed by atoms with Crippen molar-refractivity contribution in [3.63, 3.8) is 0 Å². The Morgan fingerprint density at radius 1 is 1.32 bits per heavy atom. The van der Waals surface area contributed by atoms with Gasteiger partial charge in [0.05, 0.1) is 0 Å². The van der Waals surface area contributed by atoms with E-state index in [9.17, 15) is 0 Å².